The van der Waals surface area contributed by atoms with E-state index in [4.69, 9.17) is 5.11 Å². The van der Waals surface area contributed by atoms with Crippen LogP contribution >= 0.6 is 0 Å². The van der Waals surface area contributed by atoms with Gasteiger partial charge in [-0.3, -0.25) is 14.3 Å². The first-order valence-corrected chi connectivity index (χ1v) is 5.49. The van der Waals surface area contributed by atoms with E-state index in [9.17, 15) is 9.59 Å². The number of aromatic nitrogens is 2. The molecule has 2 N–H and O–H groups in total. The lowest BCUT2D eigenvalue weighted by atomic mass is 10.2. The molecule has 0 fully saturated rings. The van der Waals surface area contributed by atoms with Gasteiger partial charge in [-0.2, -0.15) is 5.10 Å². The second kappa shape index (κ2) is 5.47. The zero-order valence-electron chi connectivity index (χ0n) is 10.3. The average Bonchev–Trinajstić information content (AvgIpc) is 2.53. The number of carbonyl (C=O) groups excluding carboxylic acids is 1. The number of carboxylic acids is 1. The molecule has 1 aromatic heterocycles. The van der Waals surface area contributed by atoms with Gasteiger partial charge in [-0.15, -0.1) is 0 Å². The molecule has 6 nitrogen and oxygen atoms in total. The zero-order chi connectivity index (χ0) is 13.0. The number of aliphatic carboxylic acids is 1. The summed E-state index contributed by atoms with van der Waals surface area (Å²) in [4.78, 5) is 21.8. The molecule has 0 aliphatic carbocycles. The van der Waals surface area contributed by atoms with Crippen LogP contribution in [0.3, 0.4) is 0 Å². The van der Waals surface area contributed by atoms with E-state index in [1.165, 1.54) is 0 Å². The third-order valence-electron chi connectivity index (χ3n) is 2.54. The monoisotopic (exact) mass is 239 g/mol. The van der Waals surface area contributed by atoms with Gasteiger partial charge in [-0.25, -0.2) is 0 Å². The molecule has 0 aliphatic heterocycles. The highest BCUT2D eigenvalue weighted by Gasteiger charge is 2.13. The molecule has 1 aromatic rings. The molecule has 1 rings (SSSR count). The van der Waals surface area contributed by atoms with Crippen LogP contribution in [0.1, 0.15) is 31.0 Å². The second-order valence-electron chi connectivity index (χ2n) is 3.84. The summed E-state index contributed by atoms with van der Waals surface area (Å²) in [5.74, 6) is -0.644. The maximum atomic E-state index is 11.5. The average molecular weight is 239 g/mol. The summed E-state index contributed by atoms with van der Waals surface area (Å²) in [5, 5.41) is 15.4. The summed E-state index contributed by atoms with van der Waals surface area (Å²) in [6, 6.07) is 0. The fraction of sp³-hybridized carbons (Fsp3) is 0.545. The molecule has 0 aliphatic rings. The quantitative estimate of drug-likeness (QED) is 0.805. The summed E-state index contributed by atoms with van der Waals surface area (Å²) in [6.07, 6.45) is 0.607. The molecule has 1 amide bonds. The van der Waals surface area contributed by atoms with E-state index in [0.29, 0.717) is 5.82 Å². The fourth-order valence-electron chi connectivity index (χ4n) is 1.61. The third-order valence-corrected chi connectivity index (χ3v) is 2.54. The van der Waals surface area contributed by atoms with E-state index in [1.807, 2.05) is 13.8 Å². The van der Waals surface area contributed by atoms with Crippen LogP contribution in [0.4, 0.5) is 5.82 Å². The normalized spacial score (nSPS) is 10.3. The molecule has 1 heterocycles. The molecule has 0 unspecified atom stereocenters. The van der Waals surface area contributed by atoms with Crippen molar-refractivity contribution >= 4 is 17.7 Å². The van der Waals surface area contributed by atoms with Gasteiger partial charge in [0.15, 0.2) is 0 Å². The predicted molar refractivity (Wildman–Crippen MR) is 62.8 cm³/mol. The highest BCUT2D eigenvalue weighted by Crippen LogP contribution is 2.18. The van der Waals surface area contributed by atoms with E-state index < -0.39 is 5.97 Å². The van der Waals surface area contributed by atoms with Crippen molar-refractivity contribution in [1.82, 2.24) is 9.78 Å². The van der Waals surface area contributed by atoms with Gasteiger partial charge in [-0.1, -0.05) is 6.92 Å². The van der Waals surface area contributed by atoms with Gasteiger partial charge in [0.25, 0.3) is 0 Å². The predicted octanol–water partition coefficient (Wildman–Crippen LogP) is 1.09. The third kappa shape index (κ3) is 3.30. The minimum atomic E-state index is -0.976. The fourth-order valence-corrected chi connectivity index (χ4v) is 1.61. The van der Waals surface area contributed by atoms with Gasteiger partial charge in [0, 0.05) is 19.0 Å². The number of aryl methyl sites for hydroxylation is 2. The Morgan fingerprint density at radius 1 is 1.41 bits per heavy atom. The van der Waals surface area contributed by atoms with E-state index >= 15 is 0 Å². The number of nitrogens with zero attached hydrogens (tertiary/aromatic N) is 2. The minimum Gasteiger partial charge on any atom is -0.481 e. The molecule has 0 saturated carbocycles. The van der Waals surface area contributed by atoms with Gasteiger partial charge in [0.2, 0.25) is 5.91 Å². The van der Waals surface area contributed by atoms with Crippen LogP contribution in [0.5, 0.6) is 0 Å². The largest absolute Gasteiger partial charge is 0.481 e. The van der Waals surface area contributed by atoms with Gasteiger partial charge < -0.3 is 10.4 Å². The zero-order valence-corrected chi connectivity index (χ0v) is 10.3. The number of nitrogens with one attached hydrogen (secondary N) is 1. The summed E-state index contributed by atoms with van der Waals surface area (Å²) in [5.41, 5.74) is 1.86. The lowest BCUT2D eigenvalue weighted by Crippen LogP contribution is -2.16. The first-order valence-electron chi connectivity index (χ1n) is 5.49. The van der Waals surface area contributed by atoms with Crippen LogP contribution in [0.25, 0.3) is 0 Å². The Balaban J connectivity index is 2.71. The highest BCUT2D eigenvalue weighted by molar-refractivity contribution is 5.92. The lowest BCUT2D eigenvalue weighted by Gasteiger charge is -2.05. The molecule has 0 saturated heterocycles. The van der Waals surface area contributed by atoms with Crippen molar-refractivity contribution in [2.45, 2.75) is 33.1 Å². The Morgan fingerprint density at radius 3 is 2.53 bits per heavy atom. The van der Waals surface area contributed by atoms with Crippen LogP contribution in [0.2, 0.25) is 0 Å². The highest BCUT2D eigenvalue weighted by atomic mass is 16.4. The maximum Gasteiger partial charge on any atom is 0.303 e. The first-order chi connectivity index (χ1) is 7.95. The maximum absolute atomic E-state index is 11.5. The number of hydrogen-bond acceptors (Lipinski definition) is 3. The topological polar surface area (TPSA) is 84.2 Å². The van der Waals surface area contributed by atoms with Crippen molar-refractivity contribution in [2.75, 3.05) is 5.32 Å². The lowest BCUT2D eigenvalue weighted by molar-refractivity contribution is -0.138. The van der Waals surface area contributed by atoms with E-state index in [2.05, 4.69) is 10.4 Å². The van der Waals surface area contributed by atoms with Gasteiger partial charge in [-0.05, 0) is 13.3 Å². The molecule has 0 radical (unpaired) electrons. The van der Waals surface area contributed by atoms with Gasteiger partial charge in [0.05, 0.1) is 12.1 Å². The smallest absolute Gasteiger partial charge is 0.303 e. The van der Waals surface area contributed by atoms with Crippen LogP contribution in [0, 0.1) is 6.92 Å². The van der Waals surface area contributed by atoms with Crippen molar-refractivity contribution in [2.24, 2.45) is 7.05 Å². The van der Waals surface area contributed by atoms with E-state index in [1.54, 1.807) is 11.7 Å². The SMILES string of the molecule is CCc1nn(C)c(NC(=O)CCC(=O)O)c1C. The van der Waals surface area contributed by atoms with E-state index in [0.717, 1.165) is 17.7 Å². The number of anilines is 1. The molecule has 6 heteroatoms. The summed E-state index contributed by atoms with van der Waals surface area (Å²) in [6.45, 7) is 3.88. The van der Waals surface area contributed by atoms with Crippen molar-refractivity contribution in [1.29, 1.82) is 0 Å². The van der Waals surface area contributed by atoms with Crippen LogP contribution < -0.4 is 5.32 Å². The number of carboxylic acid groups (broad SMARTS) is 1. The summed E-state index contributed by atoms with van der Waals surface area (Å²) in [7, 11) is 1.75. The standard InChI is InChI=1S/C11H17N3O3/c1-4-8-7(2)11(14(3)13-8)12-9(15)5-6-10(16)17/h4-6H2,1-3H3,(H,12,15)(H,16,17). The Morgan fingerprint density at radius 2 is 2.06 bits per heavy atom. The van der Waals surface area contributed by atoms with Crippen molar-refractivity contribution < 1.29 is 14.7 Å². The van der Waals surface area contributed by atoms with Crippen LogP contribution in [-0.4, -0.2) is 26.8 Å². The number of carbonyl (C=O) groups is 2. The molecular formula is C11H17N3O3. The molecular weight excluding hydrogens is 222 g/mol. The molecule has 0 bridgehead atoms. The number of rotatable bonds is 5. The molecule has 0 aromatic carbocycles. The molecule has 0 atom stereocenters. The van der Waals surface area contributed by atoms with Gasteiger partial charge in [0.1, 0.15) is 5.82 Å². The van der Waals surface area contributed by atoms with Crippen molar-refractivity contribution in [3.05, 3.63) is 11.3 Å². The Kier molecular flexibility index (Phi) is 4.25. The van der Waals surface area contributed by atoms with Crippen molar-refractivity contribution in [3.8, 4) is 0 Å². The second-order valence-corrected chi connectivity index (χ2v) is 3.84. The summed E-state index contributed by atoms with van der Waals surface area (Å²) >= 11 is 0. The molecule has 0 spiro atoms. The molecule has 17 heavy (non-hydrogen) atoms. The number of amides is 1. The molecule has 94 valence electrons. The van der Waals surface area contributed by atoms with Crippen LogP contribution in [-0.2, 0) is 23.1 Å². The number of hydrogen-bond donors (Lipinski definition) is 2. The first kappa shape index (κ1) is 13.2. The Bertz CT molecular complexity index is 437. The van der Waals surface area contributed by atoms with Crippen molar-refractivity contribution in [3.63, 3.8) is 0 Å². The van der Waals surface area contributed by atoms with E-state index in [-0.39, 0.29) is 18.7 Å². The van der Waals surface area contributed by atoms with Crippen LogP contribution in [0.15, 0.2) is 0 Å². The van der Waals surface area contributed by atoms with Gasteiger partial charge >= 0.3 is 5.97 Å². The summed E-state index contributed by atoms with van der Waals surface area (Å²) < 4.78 is 1.60. The Labute approximate surface area is 99.6 Å². The minimum absolute atomic E-state index is 0.0264. The Hall–Kier alpha value is -1.85.